The Morgan fingerprint density at radius 3 is 1.99 bits per heavy atom. The van der Waals surface area contributed by atoms with Crippen molar-refractivity contribution in [3.05, 3.63) is 82.6 Å². The van der Waals surface area contributed by atoms with Gasteiger partial charge in [0.05, 0.1) is 82.8 Å². The molecule has 2 aliphatic heterocycles. The van der Waals surface area contributed by atoms with Crippen LogP contribution in [0.25, 0.3) is 17.4 Å². The molecule has 68 heavy (non-hydrogen) atoms. The van der Waals surface area contributed by atoms with Gasteiger partial charge in [0, 0.05) is 61.5 Å². The number of fused-ring (bicyclic) bond motifs is 2. The second-order valence-corrected chi connectivity index (χ2v) is 20.8. The zero-order valence-corrected chi connectivity index (χ0v) is 42.2. The van der Waals surface area contributed by atoms with E-state index in [0.717, 1.165) is 27.9 Å². The number of carboxylic acid groups (broad SMARTS) is 1. The molecule has 380 valence electrons. The Kier molecular flexibility index (Phi) is 22.8. The summed E-state index contributed by atoms with van der Waals surface area (Å²) in [4.78, 5) is 13.2. The molecule has 0 fully saturated rings. The highest BCUT2D eigenvalue weighted by Gasteiger charge is 2.43. The largest absolute Gasteiger partial charge is 0.481 e. The van der Waals surface area contributed by atoms with Crippen molar-refractivity contribution in [3.8, 4) is 11.3 Å². The zero-order valence-electron chi connectivity index (χ0n) is 40.6. The average molecular weight is 994 g/mol. The quantitative estimate of drug-likeness (QED) is 0.0348. The van der Waals surface area contributed by atoms with Crippen molar-refractivity contribution < 1.29 is 68.7 Å². The van der Waals surface area contributed by atoms with E-state index in [4.69, 9.17) is 32.8 Å². The summed E-state index contributed by atoms with van der Waals surface area (Å²) in [6, 6.07) is 12.6. The van der Waals surface area contributed by atoms with Crippen molar-refractivity contribution >= 4 is 38.0 Å². The van der Waals surface area contributed by atoms with Crippen molar-refractivity contribution in [2.75, 3.05) is 110 Å². The molecule has 0 saturated heterocycles. The number of ether oxygens (including phenoxy) is 6. The number of nitrogens with zero attached hydrogens (tertiary/aromatic N) is 2. The molecule has 1 unspecified atom stereocenters. The molecule has 1 atom stereocenters. The summed E-state index contributed by atoms with van der Waals surface area (Å²) in [7, 11) is -7.00. The number of methoxy groups -OCH3 is 1. The van der Waals surface area contributed by atoms with Gasteiger partial charge >= 0.3 is 5.97 Å². The van der Waals surface area contributed by atoms with Gasteiger partial charge in [-0.1, -0.05) is 33.3 Å². The monoisotopic (exact) mass is 993 g/mol. The molecule has 19 heteroatoms. The van der Waals surface area contributed by atoms with Crippen molar-refractivity contribution in [3.63, 3.8) is 0 Å². The van der Waals surface area contributed by atoms with Crippen molar-refractivity contribution in [2.45, 2.75) is 88.9 Å². The summed E-state index contributed by atoms with van der Waals surface area (Å²) >= 11 is 0. The van der Waals surface area contributed by atoms with Gasteiger partial charge in [-0.05, 0) is 92.1 Å². The Morgan fingerprint density at radius 2 is 1.43 bits per heavy atom. The number of anilines is 1. The molecular weight excluding hydrogens is 921 g/mol. The van der Waals surface area contributed by atoms with Gasteiger partial charge in [-0.3, -0.25) is 13.9 Å². The fourth-order valence-corrected chi connectivity index (χ4v) is 9.06. The zero-order chi connectivity index (χ0) is 49.8. The standard InChI is InChI=1S/C49H72N2O15S2/c1-7-50(21-12-34-67(54,55)56)38-16-18-41-42(48(2,3)4)36-39(66-45(41)35-38)13-11-14-46-49(5,20-23-61-26-27-63-30-31-65-33-32-64-29-28-62-25-24-60-6)43-37-40(68(57,58)59)17-19-44(43)51(46)22-10-8-9-15-47(52)53/h11,13-14,16-19,35-37H,7-10,12,15,20-34H2,1-6H3,(H2-,52,53,54,55,56,57,58,59)/p+1. The molecule has 0 bridgehead atoms. The SMILES string of the molecule is CC[N+](CCCS(=O)(=O)O)=c1ccc2c(C(C)(C)C)cc(/C=C/C=C3/N(CCCCCC(=O)O)c4ccc(S(=O)(=O)O)cc4C3(C)CCOCCOCCOCCOCCOCCOC)oc-2c1. The van der Waals surface area contributed by atoms with Crippen LogP contribution in [0.4, 0.5) is 5.69 Å². The predicted octanol–water partition coefficient (Wildman–Crippen LogP) is 6.44. The number of unbranched alkanes of at least 4 members (excludes halogenated alkanes) is 2. The summed E-state index contributed by atoms with van der Waals surface area (Å²) in [5, 5.41) is 10.1. The van der Waals surface area contributed by atoms with E-state index in [0.29, 0.717) is 135 Å². The molecule has 0 amide bonds. The number of carbonyl (C=O) groups is 1. The van der Waals surface area contributed by atoms with Crippen molar-refractivity contribution in [1.29, 1.82) is 0 Å². The van der Waals surface area contributed by atoms with Crippen molar-refractivity contribution in [1.82, 2.24) is 4.58 Å². The molecule has 0 spiro atoms. The van der Waals surface area contributed by atoms with Crippen molar-refractivity contribution in [2.24, 2.45) is 0 Å². The summed E-state index contributed by atoms with van der Waals surface area (Å²) in [6.07, 6.45) is 8.36. The number of hydrogen-bond acceptors (Lipinski definition) is 13. The van der Waals surface area contributed by atoms with Crippen LogP contribution in [0.2, 0.25) is 0 Å². The third kappa shape index (κ3) is 18.1. The molecule has 0 aromatic heterocycles. The lowest BCUT2D eigenvalue weighted by molar-refractivity contribution is -0.137. The number of benzene rings is 2. The highest BCUT2D eigenvalue weighted by Crippen LogP contribution is 2.51. The van der Waals surface area contributed by atoms with E-state index in [-0.39, 0.29) is 28.9 Å². The minimum absolute atomic E-state index is 0.0603. The van der Waals surface area contributed by atoms with E-state index in [1.807, 2.05) is 60.9 Å². The summed E-state index contributed by atoms with van der Waals surface area (Å²) in [5.41, 5.74) is 3.27. The molecule has 0 saturated carbocycles. The highest BCUT2D eigenvalue weighted by molar-refractivity contribution is 7.86. The molecule has 4 rings (SSSR count). The molecule has 17 nitrogen and oxygen atoms in total. The van der Waals surface area contributed by atoms with Crippen LogP contribution in [0, 0.1) is 0 Å². The van der Waals surface area contributed by atoms with Gasteiger partial charge in [-0.25, -0.2) is 4.58 Å². The molecule has 1 aromatic rings. The van der Waals surface area contributed by atoms with Crippen LogP contribution in [-0.2, 0) is 64.3 Å². The lowest BCUT2D eigenvalue weighted by Gasteiger charge is -2.30. The van der Waals surface area contributed by atoms with Crippen LogP contribution in [0.3, 0.4) is 0 Å². The van der Waals surface area contributed by atoms with Gasteiger partial charge in [0.15, 0.2) is 0 Å². The van der Waals surface area contributed by atoms with Crippen LogP contribution < -0.4 is 14.8 Å². The summed E-state index contributed by atoms with van der Waals surface area (Å²) < 4.78 is 109. The van der Waals surface area contributed by atoms with Crippen LogP contribution in [-0.4, -0.2) is 142 Å². The third-order valence-corrected chi connectivity index (χ3v) is 13.3. The Morgan fingerprint density at radius 1 is 0.809 bits per heavy atom. The second-order valence-electron chi connectivity index (χ2n) is 17.8. The second kappa shape index (κ2) is 27.4. The Labute approximate surface area is 402 Å². The molecule has 3 N–H and O–H groups in total. The van der Waals surface area contributed by atoms with Crippen LogP contribution >= 0.6 is 0 Å². The van der Waals surface area contributed by atoms with Gasteiger partial charge in [0.1, 0.15) is 24.6 Å². The topological polar surface area (TPSA) is 221 Å². The lowest BCUT2D eigenvalue weighted by Crippen LogP contribution is -2.31. The lowest BCUT2D eigenvalue weighted by atomic mass is 9.78. The molecule has 2 heterocycles. The highest BCUT2D eigenvalue weighted by atomic mass is 32.2. The Balaban J connectivity index is 1.58. The first-order chi connectivity index (χ1) is 32.3. The van der Waals surface area contributed by atoms with Gasteiger partial charge in [-0.15, -0.1) is 0 Å². The fourth-order valence-electron chi connectivity index (χ4n) is 8.05. The molecule has 1 aliphatic carbocycles. The summed E-state index contributed by atoms with van der Waals surface area (Å²) in [6.45, 7) is 16.6. The predicted molar refractivity (Wildman–Crippen MR) is 261 cm³/mol. The first kappa shape index (κ1) is 56.6. The number of allylic oxidation sites excluding steroid dienone is 3. The fraction of sp³-hybridized carbons (Fsp3) is 0.592. The van der Waals surface area contributed by atoms with Gasteiger partial charge < -0.3 is 42.8 Å². The van der Waals surface area contributed by atoms with E-state index < -0.39 is 31.6 Å². The number of hydrogen-bond donors (Lipinski definition) is 3. The van der Waals surface area contributed by atoms with Crippen LogP contribution in [0.5, 0.6) is 0 Å². The van der Waals surface area contributed by atoms with E-state index in [1.54, 1.807) is 13.2 Å². The molecular formula is C49H73N2O15S2+. The smallest absolute Gasteiger partial charge is 0.303 e. The number of carboxylic acids is 1. The van der Waals surface area contributed by atoms with Crippen LogP contribution in [0.1, 0.15) is 90.0 Å². The maximum atomic E-state index is 12.5. The minimum atomic E-state index is -4.53. The molecule has 0 radical (unpaired) electrons. The first-order valence-electron chi connectivity index (χ1n) is 23.3. The van der Waals surface area contributed by atoms with E-state index in [2.05, 4.69) is 25.7 Å². The normalized spacial score (nSPS) is 16.6. The average Bonchev–Trinajstić information content (AvgIpc) is 3.50. The van der Waals surface area contributed by atoms with Gasteiger partial charge in [-0.2, -0.15) is 16.8 Å². The number of aliphatic carboxylic acids is 1. The maximum absolute atomic E-state index is 12.5. The third-order valence-electron chi connectivity index (χ3n) is 11.6. The van der Waals surface area contributed by atoms with E-state index >= 15 is 0 Å². The maximum Gasteiger partial charge on any atom is 0.303 e. The van der Waals surface area contributed by atoms with Crippen LogP contribution in [0.15, 0.2) is 69.6 Å². The van der Waals surface area contributed by atoms with Gasteiger partial charge in [0.25, 0.3) is 20.2 Å². The molecule has 3 aliphatic rings. The Bertz CT molecular complexity index is 2390. The summed E-state index contributed by atoms with van der Waals surface area (Å²) in [5.74, 6) is 0.0352. The van der Waals surface area contributed by atoms with E-state index in [1.165, 1.54) is 12.1 Å². The number of rotatable bonds is 32. The van der Waals surface area contributed by atoms with E-state index in [9.17, 15) is 35.8 Å². The van der Waals surface area contributed by atoms with Gasteiger partial charge in [0.2, 0.25) is 5.36 Å². The minimum Gasteiger partial charge on any atom is -0.481 e. The first-order valence-corrected chi connectivity index (χ1v) is 26.3. The molecule has 1 aromatic carbocycles. The Hall–Kier alpha value is -4.02.